The summed E-state index contributed by atoms with van der Waals surface area (Å²) in [6.45, 7) is 0. The molecule has 324 valence electrons. The van der Waals surface area contributed by atoms with Crippen molar-refractivity contribution in [2.45, 2.75) is 5.41 Å². The first-order chi connectivity index (χ1) is 34.8. The normalized spacial score (nSPS) is 13.0. The van der Waals surface area contributed by atoms with Crippen molar-refractivity contribution in [2.75, 3.05) is 0 Å². The summed E-state index contributed by atoms with van der Waals surface area (Å²) in [6.07, 6.45) is 0. The molecule has 0 bridgehead atoms. The lowest BCUT2D eigenvalue weighted by atomic mass is 9.67. The smallest absolute Gasteiger partial charge is 0.0714 e. The highest BCUT2D eigenvalue weighted by molar-refractivity contribution is 6.22. The fraction of sp³-hybridized carbons (Fsp3) is 0.0145. The van der Waals surface area contributed by atoms with E-state index in [2.05, 4.69) is 265 Å². The van der Waals surface area contributed by atoms with E-state index in [9.17, 15) is 0 Å². The Morgan fingerprint density at radius 1 is 0.243 bits per heavy atom. The van der Waals surface area contributed by atoms with E-state index in [1.54, 1.807) is 0 Å². The van der Waals surface area contributed by atoms with E-state index in [1.165, 1.54) is 138 Å². The highest BCUT2D eigenvalue weighted by atomic mass is 15.0. The zero-order chi connectivity index (χ0) is 45.9. The molecule has 0 radical (unpaired) electrons. The zero-order valence-electron chi connectivity index (χ0n) is 38.3. The SMILES string of the molecule is c1ccc(C2(c3ccccc3)c3ccccc3-c3cc4c5ccccc5n(-c5c6ccccc6c(-c6ccc7c(c6)-c6ccccc6-c6ccccc6-c6ccccc6-7)c6ccccc56)c4cc32)cc1. The molecule has 0 amide bonds. The van der Waals surface area contributed by atoms with Gasteiger partial charge in [0.1, 0.15) is 0 Å². The summed E-state index contributed by atoms with van der Waals surface area (Å²) in [7, 11) is 0. The molecule has 0 aliphatic heterocycles. The number of para-hydroxylation sites is 1. The molecule has 15 rings (SSSR count). The highest BCUT2D eigenvalue weighted by Crippen LogP contribution is 2.58. The Kier molecular flexibility index (Phi) is 8.35. The number of rotatable bonds is 4. The van der Waals surface area contributed by atoms with Gasteiger partial charge in [-0.15, -0.1) is 0 Å². The van der Waals surface area contributed by atoms with Crippen LogP contribution >= 0.6 is 0 Å². The Balaban J connectivity index is 1.03. The topological polar surface area (TPSA) is 4.93 Å². The van der Waals surface area contributed by atoms with Gasteiger partial charge in [0.05, 0.1) is 22.1 Å². The van der Waals surface area contributed by atoms with Gasteiger partial charge in [-0.1, -0.05) is 237 Å². The Hall–Kier alpha value is -9.04. The van der Waals surface area contributed by atoms with E-state index in [0.717, 1.165) is 0 Å². The van der Waals surface area contributed by atoms with Crippen LogP contribution in [0.3, 0.4) is 0 Å². The van der Waals surface area contributed by atoms with E-state index < -0.39 is 5.41 Å². The van der Waals surface area contributed by atoms with Gasteiger partial charge >= 0.3 is 0 Å². The largest absolute Gasteiger partial charge is 0.308 e. The first kappa shape index (κ1) is 39.0. The highest BCUT2D eigenvalue weighted by Gasteiger charge is 2.46. The van der Waals surface area contributed by atoms with Gasteiger partial charge in [0.15, 0.2) is 0 Å². The van der Waals surface area contributed by atoms with Crippen LogP contribution in [0.1, 0.15) is 22.3 Å². The van der Waals surface area contributed by atoms with Crippen LogP contribution in [0.2, 0.25) is 0 Å². The molecule has 13 aromatic rings. The van der Waals surface area contributed by atoms with Gasteiger partial charge in [0.25, 0.3) is 0 Å². The summed E-state index contributed by atoms with van der Waals surface area (Å²) in [4.78, 5) is 0. The van der Waals surface area contributed by atoms with Crippen LogP contribution in [0.15, 0.2) is 261 Å². The van der Waals surface area contributed by atoms with Gasteiger partial charge in [-0.05, 0) is 124 Å². The Morgan fingerprint density at radius 2 is 0.671 bits per heavy atom. The second-order valence-corrected chi connectivity index (χ2v) is 19.0. The van der Waals surface area contributed by atoms with Crippen molar-refractivity contribution in [1.29, 1.82) is 0 Å². The molecule has 0 atom stereocenters. The molecule has 70 heavy (non-hydrogen) atoms. The molecule has 1 aromatic heterocycles. The maximum absolute atomic E-state index is 2.59. The molecule has 1 heterocycles. The molecular formula is C69H43N. The first-order valence-electron chi connectivity index (χ1n) is 24.4. The van der Waals surface area contributed by atoms with Crippen LogP contribution in [-0.4, -0.2) is 4.57 Å². The summed E-state index contributed by atoms with van der Waals surface area (Å²) in [5.41, 5.74) is 23.2. The second kappa shape index (κ2) is 15.0. The van der Waals surface area contributed by atoms with E-state index >= 15 is 0 Å². The quantitative estimate of drug-likeness (QED) is 0.155. The van der Waals surface area contributed by atoms with Gasteiger partial charge in [-0.25, -0.2) is 0 Å². The zero-order valence-corrected chi connectivity index (χ0v) is 38.3. The number of fused-ring (bicyclic) bond motifs is 16. The van der Waals surface area contributed by atoms with Crippen molar-refractivity contribution in [1.82, 2.24) is 4.57 Å². The van der Waals surface area contributed by atoms with Crippen molar-refractivity contribution in [3.05, 3.63) is 283 Å². The number of hydrogen-bond acceptors (Lipinski definition) is 0. The molecule has 1 heteroatoms. The summed E-state index contributed by atoms with van der Waals surface area (Å²) >= 11 is 0. The number of nitrogens with zero attached hydrogens (tertiary/aromatic N) is 1. The number of hydrogen-bond donors (Lipinski definition) is 0. The minimum absolute atomic E-state index is 0.524. The van der Waals surface area contributed by atoms with Crippen molar-refractivity contribution in [3.63, 3.8) is 0 Å². The van der Waals surface area contributed by atoms with Crippen LogP contribution in [0, 0.1) is 0 Å². The number of aromatic nitrogens is 1. The van der Waals surface area contributed by atoms with Gasteiger partial charge in [-0.3, -0.25) is 0 Å². The van der Waals surface area contributed by atoms with Gasteiger partial charge < -0.3 is 4.57 Å². The Bertz CT molecular complexity index is 4180. The average molecular weight is 886 g/mol. The fourth-order valence-corrected chi connectivity index (χ4v) is 12.8. The minimum Gasteiger partial charge on any atom is -0.308 e. The van der Waals surface area contributed by atoms with Crippen molar-refractivity contribution in [3.8, 4) is 72.4 Å². The van der Waals surface area contributed by atoms with Crippen molar-refractivity contribution >= 4 is 43.4 Å². The lowest BCUT2D eigenvalue weighted by Gasteiger charge is -2.34. The average Bonchev–Trinajstić information content (AvgIpc) is 3.91. The maximum atomic E-state index is 2.59. The van der Waals surface area contributed by atoms with E-state index in [1.807, 2.05) is 0 Å². The molecule has 12 aromatic carbocycles. The molecule has 0 saturated heterocycles. The fourth-order valence-electron chi connectivity index (χ4n) is 12.8. The molecule has 2 aliphatic carbocycles. The minimum atomic E-state index is -0.524. The molecule has 0 spiro atoms. The summed E-state index contributed by atoms with van der Waals surface area (Å²) in [5, 5.41) is 7.37. The third-order valence-corrected chi connectivity index (χ3v) is 15.6. The van der Waals surface area contributed by atoms with Crippen molar-refractivity contribution < 1.29 is 0 Å². The first-order valence-corrected chi connectivity index (χ1v) is 24.4. The maximum Gasteiger partial charge on any atom is 0.0714 e. The van der Waals surface area contributed by atoms with E-state index in [4.69, 9.17) is 0 Å². The van der Waals surface area contributed by atoms with Crippen LogP contribution < -0.4 is 0 Å². The molecule has 2 aliphatic rings. The Morgan fingerprint density at radius 3 is 1.23 bits per heavy atom. The monoisotopic (exact) mass is 885 g/mol. The van der Waals surface area contributed by atoms with Gasteiger partial charge in [-0.2, -0.15) is 0 Å². The van der Waals surface area contributed by atoms with Crippen molar-refractivity contribution in [2.24, 2.45) is 0 Å². The van der Waals surface area contributed by atoms with Gasteiger partial charge in [0.2, 0.25) is 0 Å². The molecule has 1 nitrogen and oxygen atoms in total. The molecular weight excluding hydrogens is 843 g/mol. The predicted molar refractivity (Wildman–Crippen MR) is 294 cm³/mol. The van der Waals surface area contributed by atoms with Crippen LogP contribution in [0.25, 0.3) is 116 Å². The lowest BCUT2D eigenvalue weighted by molar-refractivity contribution is 0.769. The third-order valence-electron chi connectivity index (χ3n) is 15.6. The molecule has 0 unspecified atom stereocenters. The van der Waals surface area contributed by atoms with E-state index in [0.29, 0.717) is 0 Å². The lowest BCUT2D eigenvalue weighted by Crippen LogP contribution is -2.28. The van der Waals surface area contributed by atoms with E-state index in [-0.39, 0.29) is 0 Å². The van der Waals surface area contributed by atoms with Gasteiger partial charge in [0, 0.05) is 21.5 Å². The third kappa shape index (κ3) is 5.32. The molecule has 0 N–H and O–H groups in total. The number of benzene rings is 12. The molecule has 0 saturated carbocycles. The molecule has 0 fully saturated rings. The summed E-state index contributed by atoms with van der Waals surface area (Å²) in [5.74, 6) is 0. The Labute approximate surface area is 406 Å². The summed E-state index contributed by atoms with van der Waals surface area (Å²) < 4.78 is 2.59. The van der Waals surface area contributed by atoms with Crippen LogP contribution in [0.4, 0.5) is 0 Å². The van der Waals surface area contributed by atoms with Crippen LogP contribution in [-0.2, 0) is 5.41 Å². The standard InChI is InChI=1S/C69H43N/c1-3-21-45(22-4-1)69(46-23-5-2-6-24-46)63-37-19-17-31-54(63)61-42-62-55-32-18-20-38-65(55)70(66(62)43-64(61)69)68-58-35-15-13-33-56(58)67(57-34-14-16-36-59(57)68)44-39-40-53-51-29-10-9-27-49(51)47-25-7-8-26-48(47)50-28-11-12-30-52(50)60(53)41-44/h1-43H. The second-order valence-electron chi connectivity index (χ2n) is 19.0. The van der Waals surface area contributed by atoms with Crippen LogP contribution in [0.5, 0.6) is 0 Å². The predicted octanol–water partition coefficient (Wildman–Crippen LogP) is 18.1. The summed E-state index contributed by atoms with van der Waals surface area (Å²) in [6, 6.07) is 97.7.